The second-order valence-electron chi connectivity index (χ2n) is 2.90. The molecule has 0 aromatic rings. The highest BCUT2D eigenvalue weighted by atomic mass is 14.0. The summed E-state index contributed by atoms with van der Waals surface area (Å²) < 4.78 is 0. The molecule has 10 heavy (non-hydrogen) atoms. The molecule has 0 fully saturated rings. The number of unbranched alkanes of at least 4 members (excludes halogenated alkanes) is 2. The SMILES string of the molecule is C=CC(CC)CCCCC. The van der Waals surface area contributed by atoms with Crippen LogP contribution in [0, 0.1) is 5.92 Å². The van der Waals surface area contributed by atoms with Crippen LogP contribution in [0.5, 0.6) is 0 Å². The Labute approximate surface area is 65.3 Å². The van der Waals surface area contributed by atoms with Crippen LogP contribution < -0.4 is 0 Å². The summed E-state index contributed by atoms with van der Waals surface area (Å²) in [6.07, 6.45) is 8.77. The van der Waals surface area contributed by atoms with E-state index in [0.29, 0.717) is 0 Å². The Morgan fingerprint density at radius 2 is 2.00 bits per heavy atom. The van der Waals surface area contributed by atoms with Crippen LogP contribution in [0.1, 0.15) is 46.0 Å². The second kappa shape index (κ2) is 6.85. The van der Waals surface area contributed by atoms with E-state index in [4.69, 9.17) is 0 Å². The van der Waals surface area contributed by atoms with Gasteiger partial charge in [-0.1, -0.05) is 39.2 Å². The van der Waals surface area contributed by atoms with Gasteiger partial charge in [0.25, 0.3) is 0 Å². The number of hydrogen-bond acceptors (Lipinski definition) is 0. The van der Waals surface area contributed by atoms with Gasteiger partial charge >= 0.3 is 0 Å². The van der Waals surface area contributed by atoms with Crippen LogP contribution in [0.4, 0.5) is 0 Å². The first kappa shape index (κ1) is 9.74. The zero-order valence-electron chi connectivity index (χ0n) is 7.40. The molecule has 0 saturated carbocycles. The molecular formula is C10H20. The molecule has 0 nitrogen and oxygen atoms in total. The molecule has 0 bridgehead atoms. The minimum atomic E-state index is 0.770. The van der Waals surface area contributed by atoms with Crippen molar-refractivity contribution in [1.29, 1.82) is 0 Å². The van der Waals surface area contributed by atoms with E-state index in [1.165, 1.54) is 32.1 Å². The number of hydrogen-bond donors (Lipinski definition) is 0. The van der Waals surface area contributed by atoms with Crippen molar-refractivity contribution in [2.45, 2.75) is 46.0 Å². The van der Waals surface area contributed by atoms with E-state index in [0.717, 1.165) is 5.92 Å². The minimum Gasteiger partial charge on any atom is -0.103 e. The van der Waals surface area contributed by atoms with E-state index in [2.05, 4.69) is 26.5 Å². The van der Waals surface area contributed by atoms with E-state index in [1.807, 2.05) is 0 Å². The first-order chi connectivity index (χ1) is 4.85. The third-order valence-electron chi connectivity index (χ3n) is 2.04. The molecule has 0 aliphatic heterocycles. The van der Waals surface area contributed by atoms with Gasteiger partial charge in [0.2, 0.25) is 0 Å². The predicted octanol–water partition coefficient (Wildman–Crippen LogP) is 3.78. The highest BCUT2D eigenvalue weighted by molar-refractivity contribution is 4.77. The van der Waals surface area contributed by atoms with Crippen molar-refractivity contribution >= 4 is 0 Å². The molecule has 0 aliphatic rings. The second-order valence-corrected chi connectivity index (χ2v) is 2.90. The Morgan fingerprint density at radius 3 is 2.40 bits per heavy atom. The maximum absolute atomic E-state index is 3.81. The van der Waals surface area contributed by atoms with Crippen LogP contribution in [0.2, 0.25) is 0 Å². The van der Waals surface area contributed by atoms with Gasteiger partial charge in [-0.05, 0) is 18.8 Å². The van der Waals surface area contributed by atoms with Gasteiger partial charge in [0.05, 0.1) is 0 Å². The van der Waals surface area contributed by atoms with Crippen molar-refractivity contribution in [1.82, 2.24) is 0 Å². The topological polar surface area (TPSA) is 0 Å². The van der Waals surface area contributed by atoms with Crippen molar-refractivity contribution in [3.05, 3.63) is 12.7 Å². The standard InChI is InChI=1S/C10H20/c1-4-7-8-9-10(5-2)6-3/h5,10H,2,4,6-9H2,1,3H3. The monoisotopic (exact) mass is 140 g/mol. The number of allylic oxidation sites excluding steroid dienone is 1. The third kappa shape index (κ3) is 4.60. The van der Waals surface area contributed by atoms with Crippen LogP contribution >= 0.6 is 0 Å². The van der Waals surface area contributed by atoms with Crippen LogP contribution in [0.3, 0.4) is 0 Å². The fraction of sp³-hybridized carbons (Fsp3) is 0.800. The van der Waals surface area contributed by atoms with Gasteiger partial charge in [-0.3, -0.25) is 0 Å². The van der Waals surface area contributed by atoms with Crippen molar-refractivity contribution in [2.24, 2.45) is 5.92 Å². The Hall–Kier alpha value is -0.260. The van der Waals surface area contributed by atoms with Gasteiger partial charge in [0.1, 0.15) is 0 Å². The Morgan fingerprint density at radius 1 is 1.30 bits per heavy atom. The number of rotatable bonds is 6. The fourth-order valence-corrected chi connectivity index (χ4v) is 1.15. The third-order valence-corrected chi connectivity index (χ3v) is 2.04. The van der Waals surface area contributed by atoms with Gasteiger partial charge in [0, 0.05) is 0 Å². The lowest BCUT2D eigenvalue weighted by Gasteiger charge is -2.07. The molecule has 0 heteroatoms. The molecule has 0 radical (unpaired) electrons. The van der Waals surface area contributed by atoms with Crippen molar-refractivity contribution in [2.75, 3.05) is 0 Å². The maximum Gasteiger partial charge on any atom is -0.0239 e. The normalized spacial score (nSPS) is 13.0. The van der Waals surface area contributed by atoms with E-state index in [1.54, 1.807) is 0 Å². The van der Waals surface area contributed by atoms with Crippen molar-refractivity contribution < 1.29 is 0 Å². The largest absolute Gasteiger partial charge is 0.103 e. The van der Waals surface area contributed by atoms with E-state index < -0.39 is 0 Å². The summed E-state index contributed by atoms with van der Waals surface area (Å²) in [7, 11) is 0. The summed E-state index contributed by atoms with van der Waals surface area (Å²) >= 11 is 0. The van der Waals surface area contributed by atoms with Crippen LogP contribution in [0.25, 0.3) is 0 Å². The summed E-state index contributed by atoms with van der Waals surface area (Å²) in [6.45, 7) is 8.29. The molecule has 0 amide bonds. The molecule has 0 N–H and O–H groups in total. The summed E-state index contributed by atoms with van der Waals surface area (Å²) in [5, 5.41) is 0. The lowest BCUT2D eigenvalue weighted by molar-refractivity contribution is 0.527. The van der Waals surface area contributed by atoms with E-state index in [9.17, 15) is 0 Å². The summed E-state index contributed by atoms with van der Waals surface area (Å²) in [5.41, 5.74) is 0. The van der Waals surface area contributed by atoms with Gasteiger partial charge in [-0.15, -0.1) is 6.58 Å². The van der Waals surface area contributed by atoms with Crippen molar-refractivity contribution in [3.63, 3.8) is 0 Å². The predicted molar refractivity (Wildman–Crippen MR) is 48.1 cm³/mol. The smallest absolute Gasteiger partial charge is 0.0239 e. The minimum absolute atomic E-state index is 0.770. The summed E-state index contributed by atoms with van der Waals surface area (Å²) in [6, 6.07) is 0. The van der Waals surface area contributed by atoms with Crippen LogP contribution in [-0.4, -0.2) is 0 Å². The van der Waals surface area contributed by atoms with Crippen molar-refractivity contribution in [3.8, 4) is 0 Å². The van der Waals surface area contributed by atoms with Gasteiger partial charge in [-0.2, -0.15) is 0 Å². The van der Waals surface area contributed by atoms with E-state index >= 15 is 0 Å². The highest BCUT2D eigenvalue weighted by Gasteiger charge is 1.98. The van der Waals surface area contributed by atoms with Gasteiger partial charge < -0.3 is 0 Å². The summed E-state index contributed by atoms with van der Waals surface area (Å²) in [4.78, 5) is 0. The molecule has 0 heterocycles. The highest BCUT2D eigenvalue weighted by Crippen LogP contribution is 2.13. The van der Waals surface area contributed by atoms with Crippen LogP contribution in [0.15, 0.2) is 12.7 Å². The molecule has 1 atom stereocenters. The molecule has 0 aromatic heterocycles. The molecule has 0 saturated heterocycles. The summed E-state index contributed by atoms with van der Waals surface area (Å²) in [5.74, 6) is 0.770. The van der Waals surface area contributed by atoms with Gasteiger partial charge in [0.15, 0.2) is 0 Å². The fourth-order valence-electron chi connectivity index (χ4n) is 1.15. The molecular weight excluding hydrogens is 120 g/mol. The lowest BCUT2D eigenvalue weighted by Crippen LogP contribution is -1.92. The zero-order valence-corrected chi connectivity index (χ0v) is 7.40. The molecule has 0 spiro atoms. The molecule has 60 valence electrons. The molecule has 0 rings (SSSR count). The lowest BCUT2D eigenvalue weighted by atomic mass is 9.99. The Balaban J connectivity index is 3.17. The maximum atomic E-state index is 3.81. The van der Waals surface area contributed by atoms with Crippen LogP contribution in [-0.2, 0) is 0 Å². The first-order valence-corrected chi connectivity index (χ1v) is 4.47. The first-order valence-electron chi connectivity index (χ1n) is 4.47. The zero-order chi connectivity index (χ0) is 7.82. The molecule has 0 aliphatic carbocycles. The quantitative estimate of drug-likeness (QED) is 0.389. The Bertz CT molecular complexity index is 74.1. The van der Waals surface area contributed by atoms with E-state index in [-0.39, 0.29) is 0 Å². The molecule has 0 aromatic carbocycles. The average Bonchev–Trinajstić information content (AvgIpc) is 1.99. The Kier molecular flexibility index (Phi) is 6.68. The van der Waals surface area contributed by atoms with Gasteiger partial charge in [-0.25, -0.2) is 0 Å². The average molecular weight is 140 g/mol. The molecule has 1 unspecified atom stereocenters.